The Kier molecular flexibility index (Phi) is 1.43. The molecule has 0 unspecified atom stereocenters. The van der Waals surface area contributed by atoms with Crippen LogP contribution in [0.2, 0.25) is 0 Å². The van der Waals surface area contributed by atoms with Crippen molar-refractivity contribution >= 4 is 0 Å². The Morgan fingerprint density at radius 1 is 1.45 bits per heavy atom. The maximum atomic E-state index is 13.0. The van der Waals surface area contributed by atoms with Crippen LogP contribution in [0.1, 0.15) is 23.7 Å². The van der Waals surface area contributed by atoms with E-state index in [9.17, 15) is 9.50 Å². The van der Waals surface area contributed by atoms with Crippen LogP contribution in [-0.4, -0.2) is 5.11 Å². The van der Waals surface area contributed by atoms with Crippen molar-refractivity contribution in [2.75, 3.05) is 0 Å². The van der Waals surface area contributed by atoms with Crippen LogP contribution in [0.25, 0.3) is 0 Å². The Balaban J connectivity index is 2.57. The van der Waals surface area contributed by atoms with E-state index in [1.165, 1.54) is 6.07 Å². The molecule has 1 nitrogen and oxygen atoms in total. The van der Waals surface area contributed by atoms with Gasteiger partial charge in [-0.3, -0.25) is 0 Å². The predicted octanol–water partition coefficient (Wildman–Crippen LogP) is 1.81. The van der Waals surface area contributed by atoms with E-state index in [-0.39, 0.29) is 5.82 Å². The minimum atomic E-state index is -0.444. The molecule has 0 radical (unpaired) electrons. The Morgan fingerprint density at radius 3 is 3.00 bits per heavy atom. The molecule has 0 spiro atoms. The van der Waals surface area contributed by atoms with Gasteiger partial charge >= 0.3 is 0 Å². The van der Waals surface area contributed by atoms with Crippen LogP contribution in [0.3, 0.4) is 0 Å². The van der Waals surface area contributed by atoms with Gasteiger partial charge in [0.1, 0.15) is 5.82 Å². The molecule has 0 amide bonds. The molecule has 0 saturated heterocycles. The van der Waals surface area contributed by atoms with Crippen LogP contribution in [0.5, 0.6) is 0 Å². The molecular formula is C9H9FO. The number of hydrogen-bond donors (Lipinski definition) is 1. The monoisotopic (exact) mass is 152 g/mol. The molecule has 0 fully saturated rings. The SMILES string of the molecule is O[C@@H]1CCc2c(F)cccc21. The van der Waals surface area contributed by atoms with E-state index in [0.717, 1.165) is 5.56 Å². The molecule has 1 aliphatic rings. The fourth-order valence-electron chi connectivity index (χ4n) is 1.59. The normalized spacial score (nSPS) is 21.8. The molecule has 58 valence electrons. The topological polar surface area (TPSA) is 20.2 Å². The van der Waals surface area contributed by atoms with Crippen LogP contribution in [0.15, 0.2) is 18.2 Å². The number of aliphatic hydroxyl groups is 1. The van der Waals surface area contributed by atoms with Crippen molar-refractivity contribution in [1.82, 2.24) is 0 Å². The van der Waals surface area contributed by atoms with E-state index < -0.39 is 6.10 Å². The molecule has 1 aromatic rings. The average molecular weight is 152 g/mol. The zero-order valence-electron chi connectivity index (χ0n) is 6.05. The molecule has 1 aliphatic carbocycles. The summed E-state index contributed by atoms with van der Waals surface area (Å²) in [4.78, 5) is 0. The number of fused-ring (bicyclic) bond motifs is 1. The molecule has 1 atom stereocenters. The van der Waals surface area contributed by atoms with Crippen molar-refractivity contribution in [2.45, 2.75) is 18.9 Å². The summed E-state index contributed by atoms with van der Waals surface area (Å²) in [7, 11) is 0. The Hall–Kier alpha value is -0.890. The average Bonchev–Trinajstić information content (AvgIpc) is 2.35. The van der Waals surface area contributed by atoms with Gasteiger partial charge in [0.05, 0.1) is 6.10 Å². The number of halogens is 1. The highest BCUT2D eigenvalue weighted by atomic mass is 19.1. The molecule has 0 bridgehead atoms. The summed E-state index contributed by atoms with van der Waals surface area (Å²) in [5, 5.41) is 9.34. The minimum Gasteiger partial charge on any atom is -0.388 e. The molecule has 1 aromatic carbocycles. The van der Waals surface area contributed by atoms with Gasteiger partial charge < -0.3 is 5.11 Å². The fraction of sp³-hybridized carbons (Fsp3) is 0.333. The number of aliphatic hydroxyl groups excluding tert-OH is 1. The second-order valence-corrected chi connectivity index (χ2v) is 2.86. The van der Waals surface area contributed by atoms with Gasteiger partial charge in [-0.05, 0) is 30.0 Å². The molecule has 0 aliphatic heterocycles. The minimum absolute atomic E-state index is 0.181. The maximum absolute atomic E-state index is 13.0. The lowest BCUT2D eigenvalue weighted by Crippen LogP contribution is -1.90. The fourth-order valence-corrected chi connectivity index (χ4v) is 1.59. The van der Waals surface area contributed by atoms with Gasteiger partial charge in [-0.25, -0.2) is 4.39 Å². The van der Waals surface area contributed by atoms with Crippen LogP contribution in [0.4, 0.5) is 4.39 Å². The molecule has 11 heavy (non-hydrogen) atoms. The first-order valence-electron chi connectivity index (χ1n) is 3.74. The van der Waals surface area contributed by atoms with E-state index in [0.29, 0.717) is 18.4 Å². The van der Waals surface area contributed by atoms with Gasteiger partial charge in [0.25, 0.3) is 0 Å². The van der Waals surface area contributed by atoms with Gasteiger partial charge in [0, 0.05) is 0 Å². The van der Waals surface area contributed by atoms with E-state index in [1.807, 2.05) is 0 Å². The summed E-state index contributed by atoms with van der Waals surface area (Å²) in [5.41, 5.74) is 1.46. The highest BCUT2D eigenvalue weighted by Gasteiger charge is 2.22. The number of hydrogen-bond acceptors (Lipinski definition) is 1. The third-order valence-electron chi connectivity index (χ3n) is 2.18. The molecule has 1 N–H and O–H groups in total. The Bertz CT molecular complexity index is 283. The van der Waals surface area contributed by atoms with Crippen LogP contribution < -0.4 is 0 Å². The zero-order valence-corrected chi connectivity index (χ0v) is 6.05. The first-order valence-corrected chi connectivity index (χ1v) is 3.74. The van der Waals surface area contributed by atoms with Crippen LogP contribution in [-0.2, 0) is 6.42 Å². The van der Waals surface area contributed by atoms with E-state index >= 15 is 0 Å². The van der Waals surface area contributed by atoms with Gasteiger partial charge in [-0.2, -0.15) is 0 Å². The van der Waals surface area contributed by atoms with Crippen LogP contribution in [0, 0.1) is 5.82 Å². The molecule has 0 aromatic heterocycles. The number of rotatable bonds is 0. The molecular weight excluding hydrogens is 143 g/mol. The summed E-state index contributed by atoms with van der Waals surface area (Å²) < 4.78 is 13.0. The second-order valence-electron chi connectivity index (χ2n) is 2.86. The van der Waals surface area contributed by atoms with E-state index in [4.69, 9.17) is 0 Å². The Morgan fingerprint density at radius 2 is 2.27 bits per heavy atom. The summed E-state index contributed by atoms with van der Waals surface area (Å²) in [6.07, 6.45) is 0.889. The highest BCUT2D eigenvalue weighted by molar-refractivity contribution is 5.34. The molecule has 0 saturated carbocycles. The lowest BCUT2D eigenvalue weighted by atomic mass is 10.1. The van der Waals surface area contributed by atoms with Crippen molar-refractivity contribution < 1.29 is 9.50 Å². The van der Waals surface area contributed by atoms with Crippen LogP contribution >= 0.6 is 0 Å². The summed E-state index contributed by atoms with van der Waals surface area (Å²) in [6.45, 7) is 0. The van der Waals surface area contributed by atoms with E-state index in [2.05, 4.69) is 0 Å². The largest absolute Gasteiger partial charge is 0.388 e. The van der Waals surface area contributed by atoms with Crippen molar-refractivity contribution in [2.24, 2.45) is 0 Å². The molecule has 0 heterocycles. The lowest BCUT2D eigenvalue weighted by Gasteiger charge is -2.02. The smallest absolute Gasteiger partial charge is 0.126 e. The predicted molar refractivity (Wildman–Crippen MR) is 39.7 cm³/mol. The molecule has 2 heteroatoms. The van der Waals surface area contributed by atoms with Crippen molar-refractivity contribution in [1.29, 1.82) is 0 Å². The van der Waals surface area contributed by atoms with Gasteiger partial charge in [0.2, 0.25) is 0 Å². The highest BCUT2D eigenvalue weighted by Crippen LogP contribution is 2.31. The summed E-state index contributed by atoms with van der Waals surface area (Å²) >= 11 is 0. The summed E-state index contributed by atoms with van der Waals surface area (Å²) in [6, 6.07) is 4.87. The third-order valence-corrected chi connectivity index (χ3v) is 2.18. The number of benzene rings is 1. The van der Waals surface area contributed by atoms with Gasteiger partial charge in [0.15, 0.2) is 0 Å². The lowest BCUT2D eigenvalue weighted by molar-refractivity contribution is 0.180. The zero-order chi connectivity index (χ0) is 7.84. The standard InChI is InChI=1S/C9H9FO/c10-8-3-1-2-7-6(8)4-5-9(7)11/h1-3,9,11H,4-5H2/t9-/m1/s1. The van der Waals surface area contributed by atoms with E-state index in [1.54, 1.807) is 12.1 Å². The quantitative estimate of drug-likeness (QED) is 0.601. The maximum Gasteiger partial charge on any atom is 0.126 e. The third kappa shape index (κ3) is 0.942. The van der Waals surface area contributed by atoms with Crippen molar-refractivity contribution in [3.05, 3.63) is 35.1 Å². The second kappa shape index (κ2) is 2.31. The first kappa shape index (κ1) is 6.80. The molecule has 2 rings (SSSR count). The van der Waals surface area contributed by atoms with Gasteiger partial charge in [-0.15, -0.1) is 0 Å². The van der Waals surface area contributed by atoms with Gasteiger partial charge in [-0.1, -0.05) is 12.1 Å². The Labute approximate surface area is 64.5 Å². The summed E-state index contributed by atoms with van der Waals surface area (Å²) in [5.74, 6) is -0.181. The first-order chi connectivity index (χ1) is 5.29. The van der Waals surface area contributed by atoms with Crippen molar-refractivity contribution in [3.8, 4) is 0 Å². The van der Waals surface area contributed by atoms with Crippen molar-refractivity contribution in [3.63, 3.8) is 0 Å².